The topological polar surface area (TPSA) is 489 Å². The summed E-state index contributed by atoms with van der Waals surface area (Å²) in [7, 11) is 0. The van der Waals surface area contributed by atoms with Gasteiger partial charge in [0, 0.05) is 49.4 Å². The molecule has 12 aromatic rings. The first-order valence-corrected chi connectivity index (χ1v) is 48.2. The third-order valence-electron chi connectivity index (χ3n) is 15.1. The summed E-state index contributed by atoms with van der Waals surface area (Å²) >= 11 is 14.3. The maximum atomic E-state index is 12.4. The van der Waals surface area contributed by atoms with Crippen LogP contribution >= 0.6 is 84.7 Å². The standard InChI is InChI=1S/C20H20N6O5S.C18H21N5O3S.C16H17N5O3S.C12H11N5OS.I3/c21-17-16-18(25(20(30)22-16)11-12-5-2-1-3-6-12)24-19(23-17)32-10-4-7-15(29)31-26-13(27)8-9-14(26)28;1-2-26-13(24)9-6-10-27-17-21-15(19)14-16(22-17)23(18(25)20-14)11-12-7-4-3-5-8-12;17-13-12-14(20-15(19-13)25-8-4-7-11(22)23)21(16(24)18-12)9-10-5-2-1-3-6-10;13-9-8-10(16-11(19)15-9)17(12(18)14-8)6-7-4-2-1-3-5-7;1-3-2/h1-3,5-6H,4,7-11H2,(H,22,30)(H2,21,23,24);3-5,7-8H,2,6,9-11H2,1H3,(H,20,25)(H2,19,21,22);1-3,5-6H,4,7-9H2,(H,18,24)(H,22,23)(H2,17,19,20);1-5H,6H2,(H,14,18)(H3,13,15,16,19);/q;;;;-1. The van der Waals surface area contributed by atoms with Gasteiger partial charge in [-0.2, -0.15) is 4.98 Å². The van der Waals surface area contributed by atoms with E-state index in [4.69, 9.17) is 49.8 Å². The molecule has 1 saturated heterocycles. The number of thioether (sulfide) groups is 3. The quantitative estimate of drug-likeness (QED) is 0.00659. The van der Waals surface area contributed by atoms with Crippen LogP contribution in [0.2, 0.25) is 0 Å². The number of carboxylic acids is 1. The summed E-state index contributed by atoms with van der Waals surface area (Å²) in [4.78, 5) is 154. The van der Waals surface area contributed by atoms with Crippen LogP contribution in [0, 0.1) is 4.77 Å². The minimum absolute atomic E-state index is 0.0185. The number of hydrogen-bond donors (Lipinski definition) is 10. The molecule has 556 valence electrons. The molecule has 1 fully saturated rings. The molecule has 4 aromatic carbocycles. The van der Waals surface area contributed by atoms with Gasteiger partial charge in [0.25, 0.3) is 11.8 Å². The Bertz CT molecular complexity index is 5360. The van der Waals surface area contributed by atoms with Crippen molar-refractivity contribution in [3.05, 3.63) is 190 Å². The average Bonchev–Trinajstić information content (AvgIpc) is 1.65. The molecule has 0 aliphatic carbocycles. The van der Waals surface area contributed by atoms with Crippen LogP contribution in [0.5, 0.6) is 0 Å². The smallest absolute Gasteiger partial charge is 0.333 e. The number of aromatic nitrogens is 16. The van der Waals surface area contributed by atoms with Gasteiger partial charge in [0.15, 0.2) is 60.3 Å². The van der Waals surface area contributed by atoms with E-state index in [2.05, 4.69) is 97.0 Å². The molecule has 13 rings (SSSR count). The molecular weight excluding hydrogens is 1790 g/mol. The zero-order valence-electron chi connectivity index (χ0n) is 56.2. The number of hydrogen-bond acceptors (Lipinski definition) is 26. The predicted molar refractivity (Wildman–Crippen MR) is 419 cm³/mol. The molecule has 0 spiro atoms. The maximum absolute atomic E-state index is 12.4. The van der Waals surface area contributed by atoms with Crippen molar-refractivity contribution in [3.63, 3.8) is 0 Å². The monoisotopic (exact) mass is 1860 g/mol. The number of carbonyl (C=O) groups excluding carboxylic acids is 4. The number of anilines is 4. The first kappa shape index (κ1) is 80.6. The number of nitrogens with zero attached hydrogens (tertiary/aromatic N) is 12. The number of aliphatic carboxylic acids is 1. The normalized spacial score (nSPS) is 11.7. The van der Waals surface area contributed by atoms with Crippen molar-refractivity contribution in [1.29, 1.82) is 0 Å². The molecule has 0 atom stereocenters. The fraction of sp³-hybridized carbons (Fsp3) is 0.258. The SMILES string of the molecule is CCOC(=O)CCCSc1nc(N)c2[nH]c(=O)n(Cc3ccccc3)c2n1.I[I-]I.Nc1[nH]c(=S)nc2c1[nH]c(=O)n2Cc1ccccc1.Nc1nc(SCCCC(=O)O)nc2c1[nH]c(=O)n2Cc1ccccc1.Nc1nc(SCCCC(=O)ON2C(=O)CCC2=O)nc2c1[nH]c(=O)n2Cc1ccccc1. The summed E-state index contributed by atoms with van der Waals surface area (Å²) in [5, 5.41) is 10.5. The van der Waals surface area contributed by atoms with Crippen LogP contribution in [0.1, 0.15) is 80.5 Å². The summed E-state index contributed by atoms with van der Waals surface area (Å²) < 4.78 is 11.2. The summed E-state index contributed by atoms with van der Waals surface area (Å²) in [5.74, 6) is -0.137. The Morgan fingerprint density at radius 1 is 0.481 bits per heavy atom. The number of nitrogen functional groups attached to an aromatic ring is 4. The molecular formula is C66H69I3N21O12S4-. The van der Waals surface area contributed by atoms with Crippen molar-refractivity contribution >= 4 is 182 Å². The molecule has 8 aromatic heterocycles. The number of nitrogens with two attached hydrogens (primary N) is 4. The fourth-order valence-corrected chi connectivity index (χ4v) is 12.7. The Hall–Kier alpha value is -9.51. The van der Waals surface area contributed by atoms with Crippen molar-refractivity contribution < 1.29 is 51.9 Å². The summed E-state index contributed by atoms with van der Waals surface area (Å²) in [6.45, 7) is 3.69. The van der Waals surface area contributed by atoms with Crippen molar-refractivity contribution in [2.24, 2.45) is 0 Å². The number of fused-ring (bicyclic) bond motifs is 4. The zero-order chi connectivity index (χ0) is 75.8. The number of amides is 2. The van der Waals surface area contributed by atoms with Crippen molar-refractivity contribution in [2.75, 3.05) is 46.8 Å². The number of ether oxygens (including phenoxy) is 1. The molecule has 0 radical (unpaired) electrons. The molecule has 1 aliphatic heterocycles. The van der Waals surface area contributed by atoms with Gasteiger partial charge in [0.2, 0.25) is 0 Å². The summed E-state index contributed by atoms with van der Waals surface area (Å²) in [6.07, 6.45) is 2.13. The number of nitrogens with one attached hydrogen (secondary N) is 5. The number of imide groups is 1. The van der Waals surface area contributed by atoms with E-state index in [1.807, 2.05) is 121 Å². The molecule has 106 heavy (non-hydrogen) atoms. The minimum atomic E-state index is -0.834. The van der Waals surface area contributed by atoms with Gasteiger partial charge in [-0.3, -0.25) is 37.4 Å². The molecule has 14 N–H and O–H groups in total. The minimum Gasteiger partial charge on any atom is -0.481 e. The van der Waals surface area contributed by atoms with Crippen molar-refractivity contribution in [3.8, 4) is 0 Å². The second kappa shape index (κ2) is 39.7. The Morgan fingerprint density at radius 2 is 0.792 bits per heavy atom. The second-order valence-electron chi connectivity index (χ2n) is 22.6. The van der Waals surface area contributed by atoms with Crippen molar-refractivity contribution in [1.82, 2.24) is 83.1 Å². The van der Waals surface area contributed by atoms with E-state index >= 15 is 0 Å². The largest absolute Gasteiger partial charge is 0.481 e. The Morgan fingerprint density at radius 3 is 1.12 bits per heavy atom. The van der Waals surface area contributed by atoms with E-state index in [0.717, 1.165) is 22.3 Å². The van der Waals surface area contributed by atoms with E-state index in [9.17, 15) is 43.2 Å². The number of imidazole rings is 4. The first-order valence-electron chi connectivity index (χ1n) is 32.2. The molecule has 2 amide bonds. The molecule has 0 bridgehead atoms. The van der Waals surface area contributed by atoms with Gasteiger partial charge in [0.1, 0.15) is 27.9 Å². The van der Waals surface area contributed by atoms with E-state index < -0.39 is 23.8 Å². The van der Waals surface area contributed by atoms with Crippen LogP contribution < -0.4 is 58.9 Å². The van der Waals surface area contributed by atoms with E-state index in [1.54, 1.807) is 11.5 Å². The Kier molecular flexibility index (Phi) is 30.2. The zero-order valence-corrected chi connectivity index (χ0v) is 66.0. The molecule has 0 unspecified atom stereocenters. The number of esters is 1. The fourth-order valence-electron chi connectivity index (χ4n) is 10.2. The van der Waals surface area contributed by atoms with Crippen LogP contribution in [0.4, 0.5) is 23.3 Å². The number of aromatic amines is 5. The van der Waals surface area contributed by atoms with Crippen LogP contribution in [0.15, 0.2) is 156 Å². The van der Waals surface area contributed by atoms with Gasteiger partial charge < -0.3 is 62.5 Å². The second-order valence-corrected chi connectivity index (χ2v) is 42.4. The number of carboxylic acid groups (broad SMARTS) is 1. The van der Waals surface area contributed by atoms with Gasteiger partial charge in [-0.1, -0.05) is 157 Å². The van der Waals surface area contributed by atoms with Crippen LogP contribution in [-0.2, 0) is 59.7 Å². The summed E-state index contributed by atoms with van der Waals surface area (Å²) in [5.41, 5.74) is 30.0. The van der Waals surface area contributed by atoms with E-state index in [0.29, 0.717) is 160 Å². The molecule has 9 heterocycles. The van der Waals surface area contributed by atoms with E-state index in [-0.39, 0.29) is 76.6 Å². The van der Waals surface area contributed by atoms with Gasteiger partial charge in [0.05, 0.1) is 32.8 Å². The number of H-pyrrole nitrogens is 5. The van der Waals surface area contributed by atoms with Gasteiger partial charge in [-0.05, 0) is 60.7 Å². The Balaban J connectivity index is 0.000000163. The average molecular weight is 1860 g/mol. The number of benzene rings is 4. The third kappa shape index (κ3) is 22.5. The summed E-state index contributed by atoms with van der Waals surface area (Å²) in [6, 6.07) is 38.4. The number of rotatable bonds is 25. The third-order valence-corrected chi connectivity index (χ3v) is 18.1. The van der Waals surface area contributed by atoms with E-state index in [1.165, 1.54) is 49.0 Å². The molecule has 0 saturated carbocycles. The van der Waals surface area contributed by atoms with Crippen LogP contribution in [0.25, 0.3) is 44.7 Å². The molecule has 40 heteroatoms. The van der Waals surface area contributed by atoms with Gasteiger partial charge in [-0.25, -0.2) is 53.9 Å². The van der Waals surface area contributed by atoms with Crippen LogP contribution in [-0.4, -0.2) is 142 Å². The molecule has 1 aliphatic rings. The first-order chi connectivity index (χ1) is 51.1. The molecule has 33 nitrogen and oxygen atoms in total. The number of hydroxylamine groups is 2. The number of halogens is 3. The van der Waals surface area contributed by atoms with Crippen molar-refractivity contribution in [2.45, 2.75) is 99.9 Å². The van der Waals surface area contributed by atoms with Gasteiger partial charge >= 0.3 is 91.2 Å². The Labute approximate surface area is 648 Å². The maximum Gasteiger partial charge on any atom is 0.333 e. The van der Waals surface area contributed by atoms with Crippen LogP contribution in [0.3, 0.4) is 0 Å². The number of carbonyl (C=O) groups is 5. The van der Waals surface area contributed by atoms with Gasteiger partial charge in [-0.15, -0.1) is 5.06 Å². The predicted octanol–water partition coefficient (Wildman–Crippen LogP) is 5.31.